The van der Waals surface area contributed by atoms with Crippen molar-refractivity contribution in [3.05, 3.63) is 76.9 Å². The van der Waals surface area contributed by atoms with E-state index >= 15 is 0 Å². The number of aliphatic imine (C=N–C) groups is 1. The van der Waals surface area contributed by atoms with E-state index in [1.165, 1.54) is 25.8 Å². The number of H-pyrrole nitrogens is 1. The van der Waals surface area contributed by atoms with Gasteiger partial charge in [-0.25, -0.2) is 4.99 Å². The lowest BCUT2D eigenvalue weighted by Crippen LogP contribution is -2.39. The minimum atomic E-state index is -0.375. The van der Waals surface area contributed by atoms with Crippen LogP contribution in [0.25, 0.3) is 11.3 Å². The molecule has 1 aromatic heterocycles. The van der Waals surface area contributed by atoms with Crippen LogP contribution in [-0.2, 0) is 11.3 Å². The Morgan fingerprint density at radius 3 is 2.63 bits per heavy atom. The maximum absolute atomic E-state index is 12.7. The number of piperidine rings is 1. The van der Waals surface area contributed by atoms with Gasteiger partial charge in [0, 0.05) is 18.2 Å². The van der Waals surface area contributed by atoms with Gasteiger partial charge in [0.15, 0.2) is 5.88 Å². The van der Waals surface area contributed by atoms with Crippen LogP contribution in [0.5, 0.6) is 5.88 Å². The highest BCUT2D eigenvalue weighted by molar-refractivity contribution is 6.30. The topological polar surface area (TPSA) is 110 Å². The summed E-state index contributed by atoms with van der Waals surface area (Å²) >= 11 is 0. The molecule has 8 nitrogen and oxygen atoms in total. The van der Waals surface area contributed by atoms with Gasteiger partial charge in [-0.3, -0.25) is 9.59 Å². The summed E-state index contributed by atoms with van der Waals surface area (Å²) in [4.78, 5) is 34.7. The Labute approximate surface area is 223 Å². The van der Waals surface area contributed by atoms with Crippen molar-refractivity contribution in [1.29, 1.82) is 0 Å². The van der Waals surface area contributed by atoms with E-state index in [1.807, 2.05) is 54.6 Å². The highest BCUT2D eigenvalue weighted by Crippen LogP contribution is 2.37. The monoisotopic (exact) mass is 513 g/mol. The molecule has 8 heteroatoms. The molecule has 4 N–H and O–H groups in total. The minimum absolute atomic E-state index is 0.0403. The number of rotatable bonds is 10. The zero-order valence-corrected chi connectivity index (χ0v) is 21.8. The lowest BCUT2D eigenvalue weighted by Gasteiger charge is -2.33. The molecule has 5 rings (SSSR count). The first-order chi connectivity index (χ1) is 18.5. The molecule has 1 saturated heterocycles. The van der Waals surface area contributed by atoms with E-state index < -0.39 is 0 Å². The van der Waals surface area contributed by atoms with Crippen LogP contribution >= 0.6 is 0 Å². The van der Waals surface area contributed by atoms with Crippen molar-refractivity contribution in [2.24, 2.45) is 4.99 Å². The molecule has 2 aliphatic heterocycles. The molecule has 0 radical (unpaired) electrons. The molecule has 0 spiro atoms. The molecule has 2 aromatic carbocycles. The molecule has 0 saturated carbocycles. The number of amides is 2. The smallest absolute Gasteiger partial charge is 0.280 e. The fourth-order valence-corrected chi connectivity index (χ4v) is 5.32. The van der Waals surface area contributed by atoms with E-state index in [9.17, 15) is 14.7 Å². The maximum Gasteiger partial charge on any atom is 0.280 e. The number of hydrogen-bond acceptors (Lipinski definition) is 5. The van der Waals surface area contributed by atoms with E-state index in [4.69, 9.17) is 0 Å². The number of benzene rings is 2. The SMILES string of the molecule is CC1CCCCN1CCCNCC(=O)NCc1ccc(C2=NC(=O)c3c(-c4ccccc4)[nH]c(O)c32)cc1. The van der Waals surface area contributed by atoms with E-state index in [2.05, 4.69) is 32.4 Å². The second kappa shape index (κ2) is 11.8. The quantitative estimate of drug-likeness (QED) is 0.308. The summed E-state index contributed by atoms with van der Waals surface area (Å²) in [5, 5.41) is 16.8. The lowest BCUT2D eigenvalue weighted by atomic mass is 9.99. The first kappa shape index (κ1) is 25.9. The molecule has 3 aromatic rings. The summed E-state index contributed by atoms with van der Waals surface area (Å²) in [6.45, 7) is 6.10. The van der Waals surface area contributed by atoms with E-state index in [0.29, 0.717) is 41.7 Å². The van der Waals surface area contributed by atoms with E-state index in [-0.39, 0.29) is 17.7 Å². The van der Waals surface area contributed by atoms with Crippen molar-refractivity contribution in [2.75, 3.05) is 26.2 Å². The largest absolute Gasteiger partial charge is 0.494 e. The van der Waals surface area contributed by atoms with Crippen molar-refractivity contribution in [3.8, 4) is 17.1 Å². The van der Waals surface area contributed by atoms with Gasteiger partial charge in [0.2, 0.25) is 5.91 Å². The van der Waals surface area contributed by atoms with Crippen molar-refractivity contribution >= 4 is 17.5 Å². The van der Waals surface area contributed by atoms with Gasteiger partial charge >= 0.3 is 0 Å². The third kappa shape index (κ3) is 5.71. The Morgan fingerprint density at radius 2 is 1.87 bits per heavy atom. The number of aromatic amines is 1. The standard InChI is InChI=1S/C30H35N5O3/c1-20-8-5-6-16-35(20)17-7-15-31-19-24(36)32-18-21-11-13-23(14-12-21)28-26-25(29(37)34-28)27(33-30(26)38)22-9-3-2-4-10-22/h2-4,9-14,20,31,33,38H,5-8,15-19H2,1H3,(H,32,36). The van der Waals surface area contributed by atoms with Gasteiger partial charge in [-0.2, -0.15) is 0 Å². The van der Waals surface area contributed by atoms with Crippen LogP contribution in [0.3, 0.4) is 0 Å². The third-order valence-electron chi connectivity index (χ3n) is 7.45. The number of nitrogens with one attached hydrogen (secondary N) is 3. The number of aromatic nitrogens is 1. The van der Waals surface area contributed by atoms with Gasteiger partial charge in [-0.15, -0.1) is 0 Å². The van der Waals surface area contributed by atoms with Gasteiger partial charge in [0.1, 0.15) is 0 Å². The highest BCUT2D eigenvalue weighted by Gasteiger charge is 2.33. The first-order valence-corrected chi connectivity index (χ1v) is 13.5. The molecular formula is C30H35N5O3. The van der Waals surface area contributed by atoms with Crippen LogP contribution in [0, 0.1) is 0 Å². The molecule has 0 aliphatic carbocycles. The zero-order valence-electron chi connectivity index (χ0n) is 21.8. The van der Waals surface area contributed by atoms with Crippen LogP contribution in [0.15, 0.2) is 59.6 Å². The summed E-state index contributed by atoms with van der Waals surface area (Å²) in [5.74, 6) is -0.487. The molecule has 1 fully saturated rings. The van der Waals surface area contributed by atoms with Gasteiger partial charge in [-0.05, 0) is 56.9 Å². The van der Waals surface area contributed by atoms with Crippen LogP contribution in [0.2, 0.25) is 0 Å². The van der Waals surface area contributed by atoms with Crippen molar-refractivity contribution < 1.29 is 14.7 Å². The second-order valence-corrected chi connectivity index (χ2v) is 10.1. The number of carbonyl (C=O) groups is 2. The number of hydrogen-bond donors (Lipinski definition) is 4. The lowest BCUT2D eigenvalue weighted by molar-refractivity contribution is -0.120. The Balaban J connectivity index is 1.12. The predicted molar refractivity (Wildman–Crippen MR) is 149 cm³/mol. The first-order valence-electron chi connectivity index (χ1n) is 13.5. The number of likely N-dealkylation sites (tertiary alicyclic amines) is 1. The second-order valence-electron chi connectivity index (χ2n) is 10.1. The Kier molecular flexibility index (Phi) is 8.00. The van der Waals surface area contributed by atoms with Gasteiger partial charge in [0.05, 0.1) is 29.1 Å². The fraction of sp³-hybridized carbons (Fsp3) is 0.367. The molecule has 2 amide bonds. The summed E-state index contributed by atoms with van der Waals surface area (Å²) in [7, 11) is 0. The number of fused-ring (bicyclic) bond motifs is 1. The average Bonchev–Trinajstić information content (AvgIpc) is 3.47. The van der Waals surface area contributed by atoms with Crippen LogP contribution in [0.4, 0.5) is 0 Å². The number of nitrogens with zero attached hydrogens (tertiary/aromatic N) is 2. The van der Waals surface area contributed by atoms with E-state index in [0.717, 1.165) is 36.2 Å². The molecule has 1 atom stereocenters. The molecular weight excluding hydrogens is 478 g/mol. The van der Waals surface area contributed by atoms with Crippen LogP contribution in [-0.4, -0.2) is 64.7 Å². The Hall–Kier alpha value is -3.75. The molecule has 3 heterocycles. The summed E-state index contributed by atoms with van der Waals surface area (Å²) in [5.41, 5.74) is 4.30. The van der Waals surface area contributed by atoms with Crippen molar-refractivity contribution in [1.82, 2.24) is 20.5 Å². The van der Waals surface area contributed by atoms with E-state index in [1.54, 1.807) is 0 Å². The third-order valence-corrected chi connectivity index (χ3v) is 7.45. The molecule has 2 aliphatic rings. The average molecular weight is 514 g/mol. The fourth-order valence-electron chi connectivity index (χ4n) is 5.32. The summed E-state index contributed by atoms with van der Waals surface area (Å²) in [6.07, 6.45) is 4.95. The zero-order chi connectivity index (χ0) is 26.5. The molecule has 198 valence electrons. The van der Waals surface area contributed by atoms with Crippen LogP contribution < -0.4 is 10.6 Å². The van der Waals surface area contributed by atoms with Crippen molar-refractivity contribution in [2.45, 2.75) is 45.2 Å². The minimum Gasteiger partial charge on any atom is -0.494 e. The maximum atomic E-state index is 12.7. The summed E-state index contributed by atoms with van der Waals surface area (Å²) in [6, 6.07) is 17.6. The molecule has 1 unspecified atom stereocenters. The highest BCUT2D eigenvalue weighted by atomic mass is 16.3. The predicted octanol–water partition coefficient (Wildman–Crippen LogP) is 3.85. The van der Waals surface area contributed by atoms with Crippen molar-refractivity contribution in [3.63, 3.8) is 0 Å². The van der Waals surface area contributed by atoms with Gasteiger partial charge < -0.3 is 25.6 Å². The Morgan fingerprint density at radius 1 is 1.08 bits per heavy atom. The Bertz CT molecular complexity index is 1310. The van der Waals surface area contributed by atoms with Gasteiger partial charge in [-0.1, -0.05) is 61.0 Å². The van der Waals surface area contributed by atoms with Gasteiger partial charge in [0.25, 0.3) is 5.91 Å². The normalized spacial score (nSPS) is 17.3. The van der Waals surface area contributed by atoms with Crippen LogP contribution in [0.1, 0.15) is 59.7 Å². The number of carbonyl (C=O) groups excluding carboxylic acids is 2. The molecule has 38 heavy (non-hydrogen) atoms. The molecule has 0 bridgehead atoms. The number of aromatic hydroxyl groups is 1. The summed E-state index contributed by atoms with van der Waals surface area (Å²) < 4.78 is 0.